The van der Waals surface area contributed by atoms with E-state index in [1.54, 1.807) is 0 Å². The van der Waals surface area contributed by atoms with E-state index in [1.165, 1.54) is 64.7 Å². The minimum Gasteiger partial charge on any atom is -0.462 e. The quantitative estimate of drug-likeness (QED) is 0.249. The Morgan fingerprint density at radius 1 is 1.00 bits per heavy atom. The number of carbonyl (C=O) groups excluding carboxylic acids is 1. The van der Waals surface area contributed by atoms with Gasteiger partial charge >= 0.3 is 5.97 Å². The third kappa shape index (κ3) is 13.6. The maximum atomic E-state index is 10.6. The second kappa shape index (κ2) is 15.6. The molecule has 1 unspecified atom stereocenters. The molecule has 0 N–H and O–H groups in total. The lowest BCUT2D eigenvalue weighted by Crippen LogP contribution is -2.22. The average molecular weight is 341 g/mol. The standard InChI is InChI=1S/C20H36O4/c1-19(21)22-16-12-9-7-5-3-2-4-6-8-10-13-17-23-20-15-11-14-18-24-20/h9,12,20H,2-8,10-11,13-18H2,1H3/b12-9+. The van der Waals surface area contributed by atoms with Crippen LogP contribution in [0.4, 0.5) is 0 Å². The number of esters is 1. The third-order valence-electron chi connectivity index (χ3n) is 4.26. The van der Waals surface area contributed by atoms with Gasteiger partial charge in [0.2, 0.25) is 0 Å². The Morgan fingerprint density at radius 3 is 2.38 bits per heavy atom. The van der Waals surface area contributed by atoms with Crippen molar-refractivity contribution in [2.75, 3.05) is 19.8 Å². The second-order valence-corrected chi connectivity index (χ2v) is 6.56. The van der Waals surface area contributed by atoms with Crippen molar-refractivity contribution >= 4 is 5.97 Å². The van der Waals surface area contributed by atoms with E-state index in [0.717, 1.165) is 32.5 Å². The van der Waals surface area contributed by atoms with Crippen LogP contribution < -0.4 is 0 Å². The summed E-state index contributed by atoms with van der Waals surface area (Å²) in [5.74, 6) is -0.214. The van der Waals surface area contributed by atoms with Gasteiger partial charge in [-0.2, -0.15) is 0 Å². The molecule has 140 valence electrons. The first-order valence-electron chi connectivity index (χ1n) is 9.80. The average Bonchev–Trinajstić information content (AvgIpc) is 2.59. The van der Waals surface area contributed by atoms with Crippen LogP contribution >= 0.6 is 0 Å². The number of unbranched alkanes of at least 4 members (excludes halogenated alkanes) is 8. The van der Waals surface area contributed by atoms with Crippen LogP contribution in [0.5, 0.6) is 0 Å². The fraction of sp³-hybridized carbons (Fsp3) is 0.850. The van der Waals surface area contributed by atoms with E-state index < -0.39 is 0 Å². The van der Waals surface area contributed by atoms with Crippen molar-refractivity contribution in [2.24, 2.45) is 0 Å². The van der Waals surface area contributed by atoms with Crippen molar-refractivity contribution < 1.29 is 19.0 Å². The van der Waals surface area contributed by atoms with E-state index >= 15 is 0 Å². The molecule has 1 fully saturated rings. The fourth-order valence-corrected chi connectivity index (χ4v) is 2.83. The Morgan fingerprint density at radius 2 is 1.71 bits per heavy atom. The molecule has 0 radical (unpaired) electrons. The van der Waals surface area contributed by atoms with Crippen LogP contribution in [0, 0.1) is 0 Å². The summed E-state index contributed by atoms with van der Waals surface area (Å²) >= 11 is 0. The molecule has 0 bridgehead atoms. The Balaban J connectivity index is 1.72. The molecule has 1 aliphatic rings. The van der Waals surface area contributed by atoms with Crippen LogP contribution in [0.3, 0.4) is 0 Å². The van der Waals surface area contributed by atoms with Crippen LogP contribution in [0.25, 0.3) is 0 Å². The lowest BCUT2D eigenvalue weighted by Gasteiger charge is -2.22. The summed E-state index contributed by atoms with van der Waals surface area (Å²) in [4.78, 5) is 10.6. The molecule has 1 heterocycles. The SMILES string of the molecule is CC(=O)OC/C=C/CCCCCCCCCCOC1CCCCO1. The van der Waals surface area contributed by atoms with Gasteiger partial charge in [-0.1, -0.05) is 50.7 Å². The first kappa shape index (κ1) is 21.2. The van der Waals surface area contributed by atoms with Crippen molar-refractivity contribution in [1.82, 2.24) is 0 Å². The molecule has 4 heteroatoms. The Bertz CT molecular complexity index is 322. The summed E-state index contributed by atoms with van der Waals surface area (Å²) < 4.78 is 16.1. The molecule has 1 saturated heterocycles. The third-order valence-corrected chi connectivity index (χ3v) is 4.26. The smallest absolute Gasteiger partial charge is 0.302 e. The van der Waals surface area contributed by atoms with E-state index in [4.69, 9.17) is 14.2 Å². The predicted molar refractivity (Wildman–Crippen MR) is 96.9 cm³/mol. The van der Waals surface area contributed by atoms with E-state index in [-0.39, 0.29) is 12.3 Å². The van der Waals surface area contributed by atoms with Crippen molar-refractivity contribution in [2.45, 2.75) is 90.3 Å². The fourth-order valence-electron chi connectivity index (χ4n) is 2.83. The molecule has 0 aromatic rings. The lowest BCUT2D eigenvalue weighted by atomic mass is 10.1. The summed E-state index contributed by atoms with van der Waals surface area (Å²) in [7, 11) is 0. The molecule has 0 aliphatic carbocycles. The summed E-state index contributed by atoms with van der Waals surface area (Å²) in [5.41, 5.74) is 0. The Kier molecular flexibility index (Phi) is 13.8. The van der Waals surface area contributed by atoms with Crippen LogP contribution in [0.2, 0.25) is 0 Å². The summed E-state index contributed by atoms with van der Waals surface area (Å²) in [6.45, 7) is 3.56. The van der Waals surface area contributed by atoms with Gasteiger partial charge < -0.3 is 14.2 Å². The van der Waals surface area contributed by atoms with Crippen LogP contribution in [-0.4, -0.2) is 32.1 Å². The zero-order valence-electron chi connectivity index (χ0n) is 15.5. The minimum absolute atomic E-state index is 0.0711. The van der Waals surface area contributed by atoms with Gasteiger partial charge in [0.15, 0.2) is 6.29 Å². The first-order chi connectivity index (χ1) is 11.8. The molecule has 0 aromatic heterocycles. The highest BCUT2D eigenvalue weighted by Gasteiger charge is 2.13. The molecule has 0 aromatic carbocycles. The molecular weight excluding hydrogens is 304 g/mol. The van der Waals surface area contributed by atoms with Crippen molar-refractivity contribution in [3.63, 3.8) is 0 Å². The Labute approximate surface area is 147 Å². The number of hydrogen-bond donors (Lipinski definition) is 0. The number of hydrogen-bond acceptors (Lipinski definition) is 4. The van der Waals surface area contributed by atoms with Gasteiger partial charge in [0.05, 0.1) is 0 Å². The van der Waals surface area contributed by atoms with Gasteiger partial charge in [0.1, 0.15) is 6.61 Å². The molecule has 0 amide bonds. The largest absolute Gasteiger partial charge is 0.462 e. The lowest BCUT2D eigenvalue weighted by molar-refractivity contribution is -0.162. The van der Waals surface area contributed by atoms with Gasteiger partial charge in [0, 0.05) is 20.1 Å². The second-order valence-electron chi connectivity index (χ2n) is 6.56. The summed E-state index contributed by atoms with van der Waals surface area (Å²) in [5, 5.41) is 0. The predicted octanol–water partition coefficient (Wildman–Crippen LogP) is 5.16. The van der Waals surface area contributed by atoms with E-state index in [9.17, 15) is 4.79 Å². The van der Waals surface area contributed by atoms with Gasteiger partial charge in [-0.05, 0) is 38.5 Å². The molecular formula is C20H36O4. The Hall–Kier alpha value is -0.870. The number of allylic oxidation sites excluding steroid dienone is 1. The number of rotatable bonds is 14. The van der Waals surface area contributed by atoms with Crippen molar-refractivity contribution in [3.05, 3.63) is 12.2 Å². The molecule has 1 rings (SSSR count). The van der Waals surface area contributed by atoms with Crippen molar-refractivity contribution in [3.8, 4) is 0 Å². The van der Waals surface area contributed by atoms with E-state index in [2.05, 4.69) is 6.08 Å². The zero-order chi connectivity index (χ0) is 17.3. The normalized spacial score (nSPS) is 18.1. The highest BCUT2D eigenvalue weighted by atomic mass is 16.7. The van der Waals surface area contributed by atoms with Gasteiger partial charge in [-0.3, -0.25) is 4.79 Å². The maximum absolute atomic E-state index is 10.6. The minimum atomic E-state index is -0.214. The van der Waals surface area contributed by atoms with Crippen LogP contribution in [-0.2, 0) is 19.0 Å². The maximum Gasteiger partial charge on any atom is 0.302 e. The highest BCUT2D eigenvalue weighted by molar-refractivity contribution is 5.65. The van der Waals surface area contributed by atoms with E-state index in [1.807, 2.05) is 6.08 Å². The topological polar surface area (TPSA) is 44.8 Å². The van der Waals surface area contributed by atoms with Gasteiger partial charge in [0.25, 0.3) is 0 Å². The monoisotopic (exact) mass is 340 g/mol. The van der Waals surface area contributed by atoms with Crippen molar-refractivity contribution in [1.29, 1.82) is 0 Å². The zero-order valence-corrected chi connectivity index (χ0v) is 15.5. The molecule has 24 heavy (non-hydrogen) atoms. The van der Waals surface area contributed by atoms with E-state index in [0.29, 0.717) is 6.61 Å². The van der Waals surface area contributed by atoms with Crippen LogP contribution in [0.1, 0.15) is 84.0 Å². The van der Waals surface area contributed by atoms with Gasteiger partial charge in [-0.15, -0.1) is 0 Å². The summed E-state index contributed by atoms with van der Waals surface area (Å²) in [6, 6.07) is 0. The highest BCUT2D eigenvalue weighted by Crippen LogP contribution is 2.15. The van der Waals surface area contributed by atoms with Crippen LogP contribution in [0.15, 0.2) is 12.2 Å². The van der Waals surface area contributed by atoms with Gasteiger partial charge in [-0.25, -0.2) is 0 Å². The number of ether oxygens (including phenoxy) is 3. The summed E-state index contributed by atoms with van der Waals surface area (Å²) in [6.07, 6.45) is 19.0. The molecule has 0 saturated carbocycles. The number of carbonyl (C=O) groups is 1. The first-order valence-corrected chi connectivity index (χ1v) is 9.80. The molecule has 1 atom stereocenters. The molecule has 1 aliphatic heterocycles. The molecule has 4 nitrogen and oxygen atoms in total. The molecule has 0 spiro atoms.